The molecule has 4 nitrogen and oxygen atoms in total. The Morgan fingerprint density at radius 2 is 2.11 bits per heavy atom. The van der Waals surface area contributed by atoms with Gasteiger partial charge in [0, 0.05) is 0 Å². The maximum Gasteiger partial charge on any atom is 0.321 e. The Labute approximate surface area is 106 Å². The van der Waals surface area contributed by atoms with E-state index in [1.54, 1.807) is 31.2 Å². The van der Waals surface area contributed by atoms with Crippen LogP contribution >= 0.6 is 11.8 Å². The molecule has 1 aromatic heterocycles. The minimum atomic E-state index is -2.71. The zero-order chi connectivity index (χ0) is 13.3. The third-order valence-electron chi connectivity index (χ3n) is 2.44. The number of alkyl halides is 2. The number of nitrogens with two attached hydrogens (primary N) is 1. The molecule has 0 saturated carbocycles. The molecular formula is C11H11F2N3OS. The number of benzene rings is 1. The Kier molecular flexibility index (Phi) is 3.51. The monoisotopic (exact) mass is 271 g/mol. The fourth-order valence-electron chi connectivity index (χ4n) is 1.51. The summed E-state index contributed by atoms with van der Waals surface area (Å²) in [6, 6.07) is 6.59. The van der Waals surface area contributed by atoms with Crippen molar-refractivity contribution in [2.75, 3.05) is 0 Å². The number of imidazole rings is 1. The minimum absolute atomic E-state index is 0.0949. The molecule has 7 heteroatoms. The highest BCUT2D eigenvalue weighted by Crippen LogP contribution is 2.31. The topological polar surface area (TPSA) is 60.9 Å². The third kappa shape index (κ3) is 2.31. The van der Waals surface area contributed by atoms with Gasteiger partial charge >= 0.3 is 6.55 Å². The zero-order valence-electron chi connectivity index (χ0n) is 9.51. The smallest absolute Gasteiger partial charge is 0.321 e. The maximum atomic E-state index is 13.0. The second kappa shape index (κ2) is 4.93. The van der Waals surface area contributed by atoms with Crippen LogP contribution in [0.25, 0.3) is 11.0 Å². The lowest BCUT2D eigenvalue weighted by atomic mass is 10.3. The molecule has 0 aliphatic rings. The molecule has 2 N–H and O–H groups in total. The number of amides is 1. The van der Waals surface area contributed by atoms with E-state index in [-0.39, 0.29) is 5.16 Å². The normalized spacial score (nSPS) is 13.1. The van der Waals surface area contributed by atoms with Crippen LogP contribution in [0.3, 0.4) is 0 Å². The van der Waals surface area contributed by atoms with Crippen molar-refractivity contribution in [1.29, 1.82) is 0 Å². The molecule has 0 unspecified atom stereocenters. The molecule has 1 heterocycles. The lowest BCUT2D eigenvalue weighted by Crippen LogP contribution is -2.23. The third-order valence-corrected chi connectivity index (χ3v) is 3.53. The van der Waals surface area contributed by atoms with E-state index >= 15 is 0 Å². The standard InChI is InChI=1S/C11H11F2N3OS/c1-6(9(14)17)18-11-15-7-4-2-3-5-8(7)16(11)10(12)13/h2-6,10H,1H3,(H2,14,17)/t6-/m0/s1. The number of nitrogens with zero attached hydrogens (tertiary/aromatic N) is 2. The molecule has 0 bridgehead atoms. The number of thioether (sulfide) groups is 1. The van der Waals surface area contributed by atoms with E-state index in [1.165, 1.54) is 0 Å². The first-order chi connectivity index (χ1) is 8.50. The van der Waals surface area contributed by atoms with Gasteiger partial charge in [-0.15, -0.1) is 0 Å². The Bertz CT molecular complexity index is 585. The van der Waals surface area contributed by atoms with E-state index in [4.69, 9.17) is 5.73 Å². The SMILES string of the molecule is C[C@H](Sc1nc2ccccc2n1C(F)F)C(N)=O. The number of carbonyl (C=O) groups excluding carboxylic acids is 1. The average molecular weight is 271 g/mol. The Balaban J connectivity index is 2.49. The van der Waals surface area contributed by atoms with Crippen molar-refractivity contribution in [2.45, 2.75) is 23.9 Å². The van der Waals surface area contributed by atoms with Crippen molar-refractivity contribution < 1.29 is 13.6 Å². The van der Waals surface area contributed by atoms with Gasteiger partial charge in [-0.3, -0.25) is 9.36 Å². The lowest BCUT2D eigenvalue weighted by Gasteiger charge is -2.09. The van der Waals surface area contributed by atoms with E-state index < -0.39 is 17.7 Å². The summed E-state index contributed by atoms with van der Waals surface area (Å²) < 4.78 is 26.9. The molecule has 0 spiro atoms. The predicted octanol–water partition coefficient (Wildman–Crippen LogP) is 2.40. The zero-order valence-corrected chi connectivity index (χ0v) is 10.3. The molecule has 0 aliphatic carbocycles. The molecule has 1 amide bonds. The van der Waals surface area contributed by atoms with Gasteiger partial charge in [-0.2, -0.15) is 8.78 Å². The first kappa shape index (κ1) is 12.8. The van der Waals surface area contributed by atoms with Gasteiger partial charge in [-0.05, 0) is 19.1 Å². The van der Waals surface area contributed by atoms with Gasteiger partial charge < -0.3 is 5.73 Å². The van der Waals surface area contributed by atoms with E-state index in [2.05, 4.69) is 4.98 Å². The number of hydrogen-bond acceptors (Lipinski definition) is 3. The van der Waals surface area contributed by atoms with Crippen molar-refractivity contribution in [3.05, 3.63) is 24.3 Å². The van der Waals surface area contributed by atoms with Gasteiger partial charge in [0.1, 0.15) is 0 Å². The van der Waals surface area contributed by atoms with Crippen LogP contribution in [-0.2, 0) is 4.79 Å². The summed E-state index contributed by atoms with van der Waals surface area (Å²) in [6.45, 7) is -1.15. The highest BCUT2D eigenvalue weighted by molar-refractivity contribution is 8.00. The molecule has 1 atom stereocenters. The summed E-state index contributed by atoms with van der Waals surface area (Å²) >= 11 is 0.930. The molecule has 2 rings (SSSR count). The fraction of sp³-hybridized carbons (Fsp3) is 0.273. The van der Waals surface area contributed by atoms with Crippen molar-refractivity contribution in [3.8, 4) is 0 Å². The van der Waals surface area contributed by atoms with Gasteiger partial charge in [-0.1, -0.05) is 23.9 Å². The van der Waals surface area contributed by atoms with Crippen LogP contribution in [-0.4, -0.2) is 20.7 Å². The van der Waals surface area contributed by atoms with Crippen molar-refractivity contribution in [3.63, 3.8) is 0 Å². The van der Waals surface area contributed by atoms with Crippen LogP contribution < -0.4 is 5.73 Å². The second-order valence-corrected chi connectivity index (χ2v) is 5.00. The van der Waals surface area contributed by atoms with E-state index in [0.29, 0.717) is 11.0 Å². The summed E-state index contributed by atoms with van der Waals surface area (Å²) in [4.78, 5) is 15.1. The number of fused-ring (bicyclic) bond motifs is 1. The number of aromatic nitrogens is 2. The summed E-state index contributed by atoms with van der Waals surface area (Å²) in [7, 11) is 0. The van der Waals surface area contributed by atoms with Gasteiger partial charge in [0.15, 0.2) is 5.16 Å². The average Bonchev–Trinajstić information content (AvgIpc) is 2.66. The molecule has 0 fully saturated rings. The van der Waals surface area contributed by atoms with E-state index in [0.717, 1.165) is 16.3 Å². The van der Waals surface area contributed by atoms with E-state index in [9.17, 15) is 13.6 Å². The van der Waals surface area contributed by atoms with Gasteiger partial charge in [0.05, 0.1) is 16.3 Å². The number of para-hydroxylation sites is 2. The first-order valence-corrected chi connectivity index (χ1v) is 6.09. The Morgan fingerprint density at radius 3 is 2.72 bits per heavy atom. The van der Waals surface area contributed by atoms with E-state index in [1.807, 2.05) is 0 Å². The Morgan fingerprint density at radius 1 is 1.44 bits per heavy atom. The Hall–Kier alpha value is -1.63. The molecule has 0 radical (unpaired) electrons. The number of primary amides is 1. The summed E-state index contributed by atoms with van der Waals surface area (Å²) in [6.07, 6.45) is 0. The molecular weight excluding hydrogens is 260 g/mol. The van der Waals surface area contributed by atoms with Crippen molar-refractivity contribution in [1.82, 2.24) is 9.55 Å². The van der Waals surface area contributed by atoms with Gasteiger partial charge in [0.25, 0.3) is 0 Å². The molecule has 0 aliphatic heterocycles. The van der Waals surface area contributed by atoms with Gasteiger partial charge in [-0.25, -0.2) is 4.98 Å². The van der Waals surface area contributed by atoms with Crippen molar-refractivity contribution >= 4 is 28.7 Å². The van der Waals surface area contributed by atoms with Crippen LogP contribution in [0.1, 0.15) is 13.5 Å². The second-order valence-electron chi connectivity index (χ2n) is 3.69. The summed E-state index contributed by atoms with van der Waals surface area (Å²) in [5, 5.41) is -0.517. The summed E-state index contributed by atoms with van der Waals surface area (Å²) in [5.41, 5.74) is 5.93. The van der Waals surface area contributed by atoms with Crippen molar-refractivity contribution in [2.24, 2.45) is 5.73 Å². The maximum absolute atomic E-state index is 13.0. The highest BCUT2D eigenvalue weighted by atomic mass is 32.2. The number of hydrogen-bond donors (Lipinski definition) is 1. The predicted molar refractivity (Wildman–Crippen MR) is 65.5 cm³/mol. The quantitative estimate of drug-likeness (QED) is 0.869. The molecule has 96 valence electrons. The van der Waals surface area contributed by atoms with Crippen LogP contribution in [0.2, 0.25) is 0 Å². The molecule has 2 aromatic rings. The first-order valence-electron chi connectivity index (χ1n) is 5.22. The summed E-state index contributed by atoms with van der Waals surface area (Å²) in [5.74, 6) is -0.562. The lowest BCUT2D eigenvalue weighted by molar-refractivity contribution is -0.117. The number of rotatable bonds is 4. The molecule has 0 saturated heterocycles. The van der Waals surface area contributed by atoms with Gasteiger partial charge in [0.2, 0.25) is 5.91 Å². The number of carbonyl (C=O) groups is 1. The fourth-order valence-corrected chi connectivity index (χ4v) is 2.39. The van der Waals surface area contributed by atoms with Crippen LogP contribution in [0.15, 0.2) is 29.4 Å². The van der Waals surface area contributed by atoms with Crippen LogP contribution in [0, 0.1) is 0 Å². The number of halogens is 2. The molecule has 18 heavy (non-hydrogen) atoms. The van der Waals surface area contributed by atoms with Crippen LogP contribution in [0.4, 0.5) is 8.78 Å². The van der Waals surface area contributed by atoms with Crippen LogP contribution in [0.5, 0.6) is 0 Å². The highest BCUT2D eigenvalue weighted by Gasteiger charge is 2.21. The minimum Gasteiger partial charge on any atom is -0.369 e. The molecule has 1 aromatic carbocycles. The largest absolute Gasteiger partial charge is 0.369 e.